The number of nitrogens with zero attached hydrogens (tertiary/aromatic N) is 3. The predicted molar refractivity (Wildman–Crippen MR) is 78.7 cm³/mol. The fourth-order valence-electron chi connectivity index (χ4n) is 2.40. The number of fused-ring (bicyclic) bond motifs is 1. The first-order valence-corrected chi connectivity index (χ1v) is 7.47. The van der Waals surface area contributed by atoms with Crippen molar-refractivity contribution in [1.29, 1.82) is 0 Å². The molecule has 1 aliphatic heterocycles. The Kier molecular flexibility index (Phi) is 3.46. The molecule has 0 fully saturated rings. The molecule has 0 unspecified atom stereocenters. The smallest absolute Gasteiger partial charge is 0.256 e. The van der Waals surface area contributed by atoms with Gasteiger partial charge >= 0.3 is 0 Å². The van der Waals surface area contributed by atoms with E-state index in [9.17, 15) is 9.59 Å². The summed E-state index contributed by atoms with van der Waals surface area (Å²) in [6.45, 7) is 2.47. The first-order chi connectivity index (χ1) is 10.0. The molecule has 0 bridgehead atoms. The van der Waals surface area contributed by atoms with Crippen LogP contribution in [0.1, 0.15) is 29.2 Å². The molecule has 0 aromatic carbocycles. The number of nitrogens with one attached hydrogen (secondary N) is 1. The Morgan fingerprint density at radius 3 is 3.00 bits per heavy atom. The highest BCUT2D eigenvalue weighted by atomic mass is 32.1. The molecule has 21 heavy (non-hydrogen) atoms. The lowest BCUT2D eigenvalue weighted by Crippen LogP contribution is -2.26. The minimum atomic E-state index is -0.153. The number of carbonyl (C=O) groups is 1. The zero-order valence-corrected chi connectivity index (χ0v) is 12.4. The SMILES string of the molecule is Cc1nc2c(c(=O)[nH]1)CN(C(=O)CCc1csc(N)n1)C2. The highest BCUT2D eigenvalue weighted by Crippen LogP contribution is 2.19. The van der Waals surface area contributed by atoms with Crippen molar-refractivity contribution in [1.82, 2.24) is 19.9 Å². The summed E-state index contributed by atoms with van der Waals surface area (Å²) in [5, 5.41) is 2.37. The van der Waals surface area contributed by atoms with Gasteiger partial charge in [-0.05, 0) is 13.3 Å². The molecule has 0 spiro atoms. The van der Waals surface area contributed by atoms with Gasteiger partial charge in [0.25, 0.3) is 5.56 Å². The maximum absolute atomic E-state index is 12.2. The van der Waals surface area contributed by atoms with Crippen LogP contribution in [0.15, 0.2) is 10.2 Å². The molecule has 1 amide bonds. The van der Waals surface area contributed by atoms with E-state index in [1.54, 1.807) is 11.8 Å². The Labute approximate surface area is 124 Å². The highest BCUT2D eigenvalue weighted by Gasteiger charge is 2.26. The van der Waals surface area contributed by atoms with Crippen LogP contribution in [0.5, 0.6) is 0 Å². The third-order valence-corrected chi connectivity index (χ3v) is 4.15. The number of anilines is 1. The highest BCUT2D eigenvalue weighted by molar-refractivity contribution is 7.13. The van der Waals surface area contributed by atoms with Crippen molar-refractivity contribution in [3.05, 3.63) is 38.5 Å². The third-order valence-electron chi connectivity index (χ3n) is 3.43. The summed E-state index contributed by atoms with van der Waals surface area (Å²) in [6.07, 6.45) is 0.913. The number of rotatable bonds is 3. The van der Waals surface area contributed by atoms with Crippen molar-refractivity contribution >= 4 is 22.4 Å². The Bertz CT molecular complexity index is 751. The second-order valence-electron chi connectivity index (χ2n) is 5.00. The van der Waals surface area contributed by atoms with E-state index in [1.165, 1.54) is 11.3 Å². The van der Waals surface area contributed by atoms with Gasteiger partial charge in [-0.3, -0.25) is 9.59 Å². The number of nitrogens with two attached hydrogens (primary N) is 1. The summed E-state index contributed by atoms with van der Waals surface area (Å²) >= 11 is 1.37. The van der Waals surface area contributed by atoms with Crippen molar-refractivity contribution < 1.29 is 4.79 Å². The molecule has 1 aliphatic rings. The number of hydrogen-bond donors (Lipinski definition) is 2. The molecule has 3 rings (SSSR count). The van der Waals surface area contributed by atoms with Gasteiger partial charge in [-0.1, -0.05) is 0 Å². The average molecular weight is 305 g/mol. The number of H-pyrrole nitrogens is 1. The van der Waals surface area contributed by atoms with Crippen LogP contribution in [0.2, 0.25) is 0 Å². The van der Waals surface area contributed by atoms with E-state index in [2.05, 4.69) is 15.0 Å². The van der Waals surface area contributed by atoms with Crippen LogP contribution in [0.25, 0.3) is 0 Å². The standard InChI is InChI=1S/C13H15N5O2S/c1-7-15-10-5-18(4-9(10)12(20)16-7)11(19)3-2-8-6-21-13(14)17-8/h6H,2-5H2,1H3,(H2,14,17)(H,15,16,20). The summed E-state index contributed by atoms with van der Waals surface area (Å²) in [7, 11) is 0. The third kappa shape index (κ3) is 2.80. The molecule has 0 aliphatic carbocycles. The molecule has 7 nitrogen and oxygen atoms in total. The van der Waals surface area contributed by atoms with Gasteiger partial charge in [-0.15, -0.1) is 11.3 Å². The Morgan fingerprint density at radius 2 is 2.29 bits per heavy atom. The first-order valence-electron chi connectivity index (χ1n) is 6.59. The number of thiazole rings is 1. The van der Waals surface area contributed by atoms with Gasteiger partial charge in [0.05, 0.1) is 30.0 Å². The van der Waals surface area contributed by atoms with E-state index in [0.717, 1.165) is 5.69 Å². The quantitative estimate of drug-likeness (QED) is 0.863. The second kappa shape index (κ2) is 5.28. The minimum absolute atomic E-state index is 0.00313. The molecule has 3 N–H and O–H groups in total. The second-order valence-corrected chi connectivity index (χ2v) is 5.89. The van der Waals surface area contributed by atoms with Gasteiger partial charge in [0.1, 0.15) is 5.82 Å². The summed E-state index contributed by atoms with van der Waals surface area (Å²) in [5.74, 6) is 0.572. The molecule has 0 atom stereocenters. The largest absolute Gasteiger partial charge is 0.375 e. The monoisotopic (exact) mass is 305 g/mol. The van der Waals surface area contributed by atoms with Gasteiger partial charge in [0.2, 0.25) is 5.91 Å². The summed E-state index contributed by atoms with van der Waals surface area (Å²) in [5.41, 5.74) is 7.52. The van der Waals surface area contributed by atoms with Crippen LogP contribution < -0.4 is 11.3 Å². The van der Waals surface area contributed by atoms with Crippen molar-refractivity contribution in [2.75, 3.05) is 5.73 Å². The van der Waals surface area contributed by atoms with Gasteiger partial charge in [-0.2, -0.15) is 0 Å². The van der Waals surface area contributed by atoms with Crippen LogP contribution in [-0.2, 0) is 24.3 Å². The van der Waals surface area contributed by atoms with Crippen molar-refractivity contribution in [2.45, 2.75) is 32.9 Å². The van der Waals surface area contributed by atoms with Gasteiger partial charge in [0, 0.05) is 11.8 Å². The maximum atomic E-state index is 12.2. The minimum Gasteiger partial charge on any atom is -0.375 e. The van der Waals surface area contributed by atoms with E-state index in [-0.39, 0.29) is 11.5 Å². The van der Waals surface area contributed by atoms with Crippen LogP contribution >= 0.6 is 11.3 Å². The fraction of sp³-hybridized carbons (Fsp3) is 0.385. The van der Waals surface area contributed by atoms with Crippen molar-refractivity contribution in [2.24, 2.45) is 0 Å². The maximum Gasteiger partial charge on any atom is 0.256 e. The normalized spacial score (nSPS) is 13.5. The summed E-state index contributed by atoms with van der Waals surface area (Å²) < 4.78 is 0. The lowest BCUT2D eigenvalue weighted by atomic mass is 10.2. The first kappa shape index (κ1) is 13.7. The number of nitrogen functional groups attached to an aromatic ring is 1. The van der Waals surface area contributed by atoms with Crippen LogP contribution in [-0.4, -0.2) is 25.8 Å². The molecule has 2 aromatic rings. The number of amides is 1. The molecule has 8 heteroatoms. The predicted octanol–water partition coefficient (Wildman–Crippen LogP) is 0.592. The van der Waals surface area contributed by atoms with Gasteiger partial charge in [0.15, 0.2) is 5.13 Å². The van der Waals surface area contributed by atoms with Gasteiger partial charge in [-0.25, -0.2) is 9.97 Å². The van der Waals surface area contributed by atoms with Crippen LogP contribution in [0, 0.1) is 6.92 Å². The van der Waals surface area contributed by atoms with Crippen LogP contribution in [0.4, 0.5) is 5.13 Å². The van der Waals surface area contributed by atoms with Crippen molar-refractivity contribution in [3.8, 4) is 0 Å². The fourth-order valence-corrected chi connectivity index (χ4v) is 2.99. The number of aromatic nitrogens is 3. The van der Waals surface area contributed by atoms with E-state index in [0.29, 0.717) is 48.1 Å². The molecular formula is C13H15N5O2S. The zero-order valence-electron chi connectivity index (χ0n) is 11.5. The van der Waals surface area contributed by atoms with E-state index in [4.69, 9.17) is 5.73 Å². The van der Waals surface area contributed by atoms with E-state index < -0.39 is 0 Å². The lowest BCUT2D eigenvalue weighted by Gasteiger charge is -2.14. The number of aromatic amines is 1. The van der Waals surface area contributed by atoms with Crippen LogP contribution in [0.3, 0.4) is 0 Å². The topological polar surface area (TPSA) is 105 Å². The number of hydrogen-bond acceptors (Lipinski definition) is 6. The average Bonchev–Trinajstić information content (AvgIpc) is 3.02. The molecule has 0 saturated heterocycles. The van der Waals surface area contributed by atoms with E-state index in [1.807, 2.05) is 5.38 Å². The molecule has 0 radical (unpaired) electrons. The molecular weight excluding hydrogens is 290 g/mol. The molecule has 0 saturated carbocycles. The van der Waals surface area contributed by atoms with Crippen molar-refractivity contribution in [3.63, 3.8) is 0 Å². The summed E-state index contributed by atoms with van der Waals surface area (Å²) in [6, 6.07) is 0. The molecule has 3 heterocycles. The molecule has 110 valence electrons. The number of carbonyl (C=O) groups excluding carboxylic acids is 1. The Morgan fingerprint density at radius 1 is 1.48 bits per heavy atom. The Hall–Kier alpha value is -2.22. The number of aryl methyl sites for hydroxylation is 2. The van der Waals surface area contributed by atoms with E-state index >= 15 is 0 Å². The zero-order chi connectivity index (χ0) is 15.0. The lowest BCUT2D eigenvalue weighted by molar-refractivity contribution is -0.131. The Balaban J connectivity index is 1.65. The molecule has 2 aromatic heterocycles. The summed E-state index contributed by atoms with van der Waals surface area (Å²) in [4.78, 5) is 36.8. The van der Waals surface area contributed by atoms with Gasteiger partial charge < -0.3 is 15.6 Å².